The van der Waals surface area contributed by atoms with Gasteiger partial charge in [0, 0.05) is 17.5 Å². The second-order valence-electron chi connectivity index (χ2n) is 4.97. The average molecular weight is 340 g/mol. The molecule has 0 radical (unpaired) electrons. The Balaban J connectivity index is 2.13. The molecule has 0 saturated heterocycles. The number of nitrogens with zero attached hydrogens (tertiary/aromatic N) is 1. The van der Waals surface area contributed by atoms with Gasteiger partial charge in [0.2, 0.25) is 0 Å². The van der Waals surface area contributed by atoms with Gasteiger partial charge >= 0.3 is 0 Å². The van der Waals surface area contributed by atoms with Gasteiger partial charge in [-0.2, -0.15) is 5.10 Å². The number of H-pyrrole nitrogens is 1. The number of hydrogen-bond acceptors (Lipinski definition) is 2. The van der Waals surface area contributed by atoms with E-state index < -0.39 is 5.60 Å². The maximum Gasteiger partial charge on any atom is 0.0999 e. The highest BCUT2D eigenvalue weighted by Gasteiger charge is 2.26. The Morgan fingerprint density at radius 1 is 1.41 bits per heavy atom. The molecule has 1 aliphatic carbocycles. The van der Waals surface area contributed by atoms with E-state index in [1.54, 1.807) is 0 Å². The fourth-order valence-electron chi connectivity index (χ4n) is 2.27. The third kappa shape index (κ3) is 1.70. The first-order chi connectivity index (χ1) is 7.97. The number of benzene rings is 1. The minimum absolute atomic E-state index is 0.783. The minimum atomic E-state index is -0.783. The van der Waals surface area contributed by atoms with Crippen LogP contribution in [0.3, 0.4) is 0 Å². The van der Waals surface area contributed by atoms with Crippen molar-refractivity contribution in [3.63, 3.8) is 0 Å². The van der Waals surface area contributed by atoms with Crippen molar-refractivity contribution in [2.45, 2.75) is 25.9 Å². The third-order valence-electron chi connectivity index (χ3n) is 3.25. The Labute approximate surface area is 113 Å². The van der Waals surface area contributed by atoms with Gasteiger partial charge in [-0.15, -0.1) is 0 Å². The predicted octanol–water partition coefficient (Wildman–Crippen LogP) is 2.81. The van der Waals surface area contributed by atoms with Crippen LogP contribution >= 0.6 is 22.6 Å². The van der Waals surface area contributed by atoms with E-state index in [1.165, 1.54) is 16.7 Å². The Hall–Kier alpha value is -0.880. The van der Waals surface area contributed by atoms with Gasteiger partial charge in [-0.25, -0.2) is 0 Å². The van der Waals surface area contributed by atoms with Gasteiger partial charge in [-0.1, -0.05) is 18.2 Å². The van der Waals surface area contributed by atoms with Crippen molar-refractivity contribution in [1.82, 2.24) is 10.2 Å². The molecule has 0 amide bonds. The van der Waals surface area contributed by atoms with Gasteiger partial charge in [-0.3, -0.25) is 5.10 Å². The summed E-state index contributed by atoms with van der Waals surface area (Å²) in [6, 6.07) is 6.13. The van der Waals surface area contributed by atoms with Crippen LogP contribution in [0.4, 0.5) is 0 Å². The number of hydrogen-bond donors (Lipinski definition) is 2. The maximum absolute atomic E-state index is 10.0. The summed E-state index contributed by atoms with van der Waals surface area (Å²) in [4.78, 5) is 0. The molecule has 1 aromatic heterocycles. The lowest BCUT2D eigenvalue weighted by molar-refractivity contribution is 0.0785. The molecule has 3 nitrogen and oxygen atoms in total. The molecule has 0 atom stereocenters. The molecule has 1 heterocycles. The quantitative estimate of drug-likeness (QED) is 0.670. The van der Waals surface area contributed by atoms with Crippen molar-refractivity contribution in [3.05, 3.63) is 38.6 Å². The summed E-state index contributed by atoms with van der Waals surface area (Å²) in [5.74, 6) is 0. The first-order valence-corrected chi connectivity index (χ1v) is 6.63. The normalized spacial score (nSPS) is 13.6. The molecule has 4 heteroatoms. The van der Waals surface area contributed by atoms with Crippen LogP contribution in [-0.2, 0) is 12.0 Å². The van der Waals surface area contributed by atoms with E-state index in [2.05, 4.69) is 44.9 Å². The van der Waals surface area contributed by atoms with Crippen LogP contribution < -0.4 is 0 Å². The van der Waals surface area contributed by atoms with Crippen LogP contribution in [0.5, 0.6) is 0 Å². The van der Waals surface area contributed by atoms with E-state index in [1.807, 2.05) is 19.9 Å². The average Bonchev–Trinajstić information content (AvgIpc) is 2.77. The van der Waals surface area contributed by atoms with Gasteiger partial charge in [-0.05, 0) is 47.6 Å². The van der Waals surface area contributed by atoms with Gasteiger partial charge in [0.05, 0.1) is 15.0 Å². The number of nitrogens with one attached hydrogen (secondary N) is 1. The Morgan fingerprint density at radius 3 is 2.88 bits per heavy atom. The van der Waals surface area contributed by atoms with Crippen LogP contribution in [0.25, 0.3) is 11.3 Å². The van der Waals surface area contributed by atoms with Crippen LogP contribution in [-0.4, -0.2) is 15.3 Å². The summed E-state index contributed by atoms with van der Waals surface area (Å²) < 4.78 is 1.11. The number of aliphatic hydroxyl groups is 1. The van der Waals surface area contributed by atoms with E-state index in [9.17, 15) is 5.11 Å². The van der Waals surface area contributed by atoms with E-state index >= 15 is 0 Å². The lowest BCUT2D eigenvalue weighted by Crippen LogP contribution is -2.15. The van der Waals surface area contributed by atoms with Crippen LogP contribution in [0, 0.1) is 3.70 Å². The van der Waals surface area contributed by atoms with E-state index in [0.29, 0.717) is 0 Å². The summed E-state index contributed by atoms with van der Waals surface area (Å²) >= 11 is 2.28. The molecule has 0 bridgehead atoms. The maximum atomic E-state index is 10.0. The number of rotatable bonds is 1. The van der Waals surface area contributed by atoms with E-state index in [4.69, 9.17) is 0 Å². The van der Waals surface area contributed by atoms with Gasteiger partial charge in [0.1, 0.15) is 0 Å². The topological polar surface area (TPSA) is 48.9 Å². The summed E-state index contributed by atoms with van der Waals surface area (Å²) in [5, 5.41) is 17.4. The smallest absolute Gasteiger partial charge is 0.0999 e. The molecule has 0 unspecified atom stereocenters. The molecule has 3 rings (SSSR count). The standard InChI is InChI=1S/C13H13IN2O/c1-13(2,17)8-3-4-9-7(5-8)6-10-11(9)15-16-12(10)14/h3-5,17H,6H2,1-2H3,(H,15,16). The van der Waals surface area contributed by atoms with Crippen LogP contribution in [0.15, 0.2) is 18.2 Å². The van der Waals surface area contributed by atoms with Crippen LogP contribution in [0.1, 0.15) is 30.5 Å². The van der Waals surface area contributed by atoms with Crippen molar-refractivity contribution in [1.29, 1.82) is 0 Å². The summed E-state index contributed by atoms with van der Waals surface area (Å²) in [6.45, 7) is 3.62. The lowest BCUT2D eigenvalue weighted by Gasteiger charge is -2.18. The first kappa shape index (κ1) is 11.2. The van der Waals surface area contributed by atoms with Crippen molar-refractivity contribution in [3.8, 4) is 11.3 Å². The molecular weight excluding hydrogens is 327 g/mol. The Morgan fingerprint density at radius 2 is 2.18 bits per heavy atom. The highest BCUT2D eigenvalue weighted by molar-refractivity contribution is 14.1. The number of aromatic nitrogens is 2. The van der Waals surface area contributed by atoms with Gasteiger partial charge in [0.15, 0.2) is 0 Å². The summed E-state index contributed by atoms with van der Waals surface area (Å²) in [5.41, 5.74) is 4.95. The molecule has 0 aliphatic heterocycles. The Bertz CT molecular complexity index is 596. The summed E-state index contributed by atoms with van der Waals surface area (Å²) in [6.07, 6.45) is 0.906. The second kappa shape index (κ2) is 3.55. The minimum Gasteiger partial charge on any atom is -0.386 e. The second-order valence-corrected chi connectivity index (χ2v) is 6.05. The number of fused-ring (bicyclic) bond motifs is 3. The van der Waals surface area contributed by atoms with E-state index in [0.717, 1.165) is 21.4 Å². The van der Waals surface area contributed by atoms with Gasteiger partial charge in [0.25, 0.3) is 0 Å². The molecule has 2 aromatic rings. The molecule has 0 saturated carbocycles. The Kier molecular flexibility index (Phi) is 2.35. The molecule has 88 valence electrons. The fourth-order valence-corrected chi connectivity index (χ4v) is 2.84. The molecule has 0 spiro atoms. The number of halogens is 1. The third-order valence-corrected chi connectivity index (χ3v) is 4.14. The predicted molar refractivity (Wildman–Crippen MR) is 74.8 cm³/mol. The highest BCUT2D eigenvalue weighted by atomic mass is 127. The zero-order chi connectivity index (χ0) is 12.2. The molecule has 1 aliphatic rings. The molecule has 2 N–H and O–H groups in total. The molecule has 1 aromatic carbocycles. The van der Waals surface area contributed by atoms with Crippen molar-refractivity contribution >= 4 is 22.6 Å². The highest BCUT2D eigenvalue weighted by Crippen LogP contribution is 2.38. The summed E-state index contributed by atoms with van der Waals surface area (Å²) in [7, 11) is 0. The SMILES string of the molecule is CC(C)(O)c1ccc2c(c1)Cc1c-2n[nH]c1I. The van der Waals surface area contributed by atoms with Crippen molar-refractivity contribution in [2.75, 3.05) is 0 Å². The zero-order valence-corrected chi connectivity index (χ0v) is 11.9. The lowest BCUT2D eigenvalue weighted by atomic mass is 9.94. The van der Waals surface area contributed by atoms with E-state index in [-0.39, 0.29) is 0 Å². The molecular formula is C13H13IN2O. The van der Waals surface area contributed by atoms with Crippen molar-refractivity contribution < 1.29 is 5.11 Å². The largest absolute Gasteiger partial charge is 0.386 e. The van der Waals surface area contributed by atoms with Crippen LogP contribution in [0.2, 0.25) is 0 Å². The number of aromatic amines is 1. The molecule has 0 fully saturated rings. The monoisotopic (exact) mass is 340 g/mol. The fraction of sp³-hybridized carbons (Fsp3) is 0.308. The van der Waals surface area contributed by atoms with Gasteiger partial charge < -0.3 is 5.11 Å². The van der Waals surface area contributed by atoms with Crippen molar-refractivity contribution in [2.24, 2.45) is 0 Å². The molecule has 17 heavy (non-hydrogen) atoms. The first-order valence-electron chi connectivity index (χ1n) is 5.55. The zero-order valence-electron chi connectivity index (χ0n) is 9.71.